The van der Waals surface area contributed by atoms with Gasteiger partial charge in [-0.1, -0.05) is 0 Å². The summed E-state index contributed by atoms with van der Waals surface area (Å²) in [7, 11) is 1.94. The zero-order chi connectivity index (χ0) is 14.4. The Morgan fingerprint density at radius 1 is 1.15 bits per heavy atom. The minimum Gasteiger partial charge on any atom is -0.464 e. The molecular formula is C12H19N7O. The molecule has 0 spiro atoms. The van der Waals surface area contributed by atoms with E-state index in [1.165, 1.54) is 0 Å². The van der Waals surface area contributed by atoms with Gasteiger partial charge in [0.1, 0.15) is 5.82 Å². The van der Waals surface area contributed by atoms with E-state index in [4.69, 9.17) is 4.74 Å². The zero-order valence-corrected chi connectivity index (χ0v) is 11.9. The summed E-state index contributed by atoms with van der Waals surface area (Å²) in [4.78, 5) is 16.9. The largest absolute Gasteiger partial charge is 0.464 e. The molecule has 108 valence electrons. The summed E-state index contributed by atoms with van der Waals surface area (Å²) < 4.78 is 7.26. The second-order valence-electron chi connectivity index (χ2n) is 4.04. The van der Waals surface area contributed by atoms with Crippen molar-refractivity contribution in [2.45, 2.75) is 20.4 Å². The molecule has 8 nitrogen and oxygen atoms in total. The predicted octanol–water partition coefficient (Wildman–Crippen LogP) is 1.05. The lowest BCUT2D eigenvalue weighted by molar-refractivity contribution is 0.312. The van der Waals surface area contributed by atoms with E-state index in [0.717, 1.165) is 12.4 Å². The second kappa shape index (κ2) is 6.69. The lowest BCUT2D eigenvalue weighted by atomic mass is 10.6. The number of nitrogens with zero attached hydrogens (tertiary/aromatic N) is 5. The van der Waals surface area contributed by atoms with Crippen molar-refractivity contribution in [3.8, 4) is 6.01 Å². The van der Waals surface area contributed by atoms with Crippen molar-refractivity contribution in [3.05, 3.63) is 18.2 Å². The summed E-state index contributed by atoms with van der Waals surface area (Å²) >= 11 is 0. The molecule has 0 bridgehead atoms. The van der Waals surface area contributed by atoms with Gasteiger partial charge in [-0.05, 0) is 13.8 Å². The van der Waals surface area contributed by atoms with Gasteiger partial charge in [0.25, 0.3) is 0 Å². The fourth-order valence-electron chi connectivity index (χ4n) is 1.59. The molecule has 0 aliphatic heterocycles. The Hall–Kier alpha value is -2.38. The van der Waals surface area contributed by atoms with Crippen LogP contribution in [-0.4, -0.2) is 37.7 Å². The molecule has 0 atom stereocenters. The molecule has 0 unspecified atom stereocenters. The molecule has 2 N–H and O–H groups in total. The number of anilines is 2. The maximum absolute atomic E-state index is 5.33. The molecule has 0 saturated carbocycles. The third kappa shape index (κ3) is 3.56. The van der Waals surface area contributed by atoms with Gasteiger partial charge in [0.15, 0.2) is 0 Å². The summed E-state index contributed by atoms with van der Waals surface area (Å²) in [6.07, 6.45) is 3.64. The van der Waals surface area contributed by atoms with Crippen LogP contribution in [0.15, 0.2) is 12.4 Å². The Morgan fingerprint density at radius 2 is 1.90 bits per heavy atom. The Kier molecular flexibility index (Phi) is 4.70. The van der Waals surface area contributed by atoms with Gasteiger partial charge in [0.2, 0.25) is 11.9 Å². The normalized spacial score (nSPS) is 10.3. The molecule has 0 aliphatic carbocycles. The third-order valence-electron chi connectivity index (χ3n) is 2.55. The average molecular weight is 277 g/mol. The summed E-state index contributed by atoms with van der Waals surface area (Å²) in [5, 5.41) is 6.17. The van der Waals surface area contributed by atoms with Crippen molar-refractivity contribution in [2.75, 3.05) is 23.8 Å². The van der Waals surface area contributed by atoms with E-state index in [9.17, 15) is 0 Å². The molecule has 0 radical (unpaired) electrons. The van der Waals surface area contributed by atoms with Crippen molar-refractivity contribution in [1.82, 2.24) is 24.5 Å². The fourth-order valence-corrected chi connectivity index (χ4v) is 1.59. The van der Waals surface area contributed by atoms with Crippen LogP contribution in [-0.2, 0) is 13.6 Å². The first-order valence-corrected chi connectivity index (χ1v) is 6.55. The van der Waals surface area contributed by atoms with Gasteiger partial charge in [-0.3, -0.25) is 0 Å². The number of ether oxygens (including phenoxy) is 1. The maximum Gasteiger partial charge on any atom is 0.323 e. The quantitative estimate of drug-likeness (QED) is 0.781. The Balaban J connectivity index is 2.11. The summed E-state index contributed by atoms with van der Waals surface area (Å²) in [6.45, 7) is 5.64. The highest BCUT2D eigenvalue weighted by atomic mass is 16.5. The van der Waals surface area contributed by atoms with Crippen molar-refractivity contribution in [3.63, 3.8) is 0 Å². The Labute approximate surface area is 117 Å². The first-order valence-electron chi connectivity index (χ1n) is 6.55. The Bertz CT molecular complexity index is 530. The first-order chi connectivity index (χ1) is 9.72. The number of aromatic nitrogens is 5. The molecule has 0 fully saturated rings. The van der Waals surface area contributed by atoms with Gasteiger partial charge in [0, 0.05) is 26.0 Å². The monoisotopic (exact) mass is 277 g/mol. The second-order valence-corrected chi connectivity index (χ2v) is 4.04. The molecule has 8 heteroatoms. The zero-order valence-electron chi connectivity index (χ0n) is 11.9. The van der Waals surface area contributed by atoms with E-state index in [1.807, 2.05) is 31.7 Å². The van der Waals surface area contributed by atoms with E-state index >= 15 is 0 Å². The number of hydrogen-bond donors (Lipinski definition) is 2. The highest BCUT2D eigenvalue weighted by Crippen LogP contribution is 2.11. The van der Waals surface area contributed by atoms with Crippen molar-refractivity contribution in [2.24, 2.45) is 7.05 Å². The van der Waals surface area contributed by atoms with Gasteiger partial charge in [0.05, 0.1) is 13.2 Å². The number of hydrogen-bond acceptors (Lipinski definition) is 7. The van der Waals surface area contributed by atoms with Gasteiger partial charge < -0.3 is 19.9 Å². The molecule has 2 aromatic heterocycles. The molecule has 0 saturated heterocycles. The summed E-state index contributed by atoms with van der Waals surface area (Å²) in [5.74, 6) is 1.85. The SMILES string of the molecule is CCNc1nc(NCc2nccn2C)nc(OCC)n1. The number of imidazole rings is 1. The first kappa shape index (κ1) is 14.0. The van der Waals surface area contributed by atoms with Gasteiger partial charge in [-0.25, -0.2) is 4.98 Å². The molecule has 0 aliphatic rings. The molecule has 2 heterocycles. The minimum absolute atomic E-state index is 0.306. The van der Waals surface area contributed by atoms with Crippen molar-refractivity contribution in [1.29, 1.82) is 0 Å². The van der Waals surface area contributed by atoms with Crippen LogP contribution >= 0.6 is 0 Å². The average Bonchev–Trinajstić information content (AvgIpc) is 2.83. The number of aryl methyl sites for hydroxylation is 1. The molecule has 2 rings (SSSR count). The van der Waals surface area contributed by atoms with Crippen LogP contribution in [0.2, 0.25) is 0 Å². The fraction of sp³-hybridized carbons (Fsp3) is 0.500. The van der Waals surface area contributed by atoms with Crippen LogP contribution in [0, 0.1) is 0 Å². The van der Waals surface area contributed by atoms with E-state index in [2.05, 4.69) is 30.6 Å². The van der Waals surface area contributed by atoms with Gasteiger partial charge in [-0.15, -0.1) is 0 Å². The molecule has 0 amide bonds. The minimum atomic E-state index is 0.306. The standard InChI is InChI=1S/C12H19N7O/c1-4-13-10-16-11(18-12(17-10)20-5-2)15-8-9-14-6-7-19(9)3/h6-7H,4-5,8H2,1-3H3,(H2,13,15,16,17,18). The van der Waals surface area contributed by atoms with Crippen LogP contribution in [0.3, 0.4) is 0 Å². The maximum atomic E-state index is 5.33. The van der Waals surface area contributed by atoms with Crippen LogP contribution in [0.5, 0.6) is 6.01 Å². The highest BCUT2D eigenvalue weighted by Gasteiger charge is 2.07. The van der Waals surface area contributed by atoms with Crippen LogP contribution in [0.25, 0.3) is 0 Å². The van der Waals surface area contributed by atoms with Crippen molar-refractivity contribution < 1.29 is 4.74 Å². The topological polar surface area (TPSA) is 89.8 Å². The molecule has 0 aromatic carbocycles. The summed E-state index contributed by atoms with van der Waals surface area (Å²) in [5.41, 5.74) is 0. The molecule has 20 heavy (non-hydrogen) atoms. The van der Waals surface area contributed by atoms with E-state index in [0.29, 0.717) is 31.1 Å². The Morgan fingerprint density at radius 3 is 2.50 bits per heavy atom. The lowest BCUT2D eigenvalue weighted by Gasteiger charge is -2.09. The smallest absolute Gasteiger partial charge is 0.323 e. The number of nitrogens with one attached hydrogen (secondary N) is 2. The summed E-state index contributed by atoms with van der Waals surface area (Å²) in [6, 6.07) is 0.306. The number of rotatable bonds is 7. The van der Waals surface area contributed by atoms with E-state index < -0.39 is 0 Å². The molecular weight excluding hydrogens is 258 g/mol. The van der Waals surface area contributed by atoms with Crippen LogP contribution in [0.4, 0.5) is 11.9 Å². The van der Waals surface area contributed by atoms with E-state index in [1.54, 1.807) is 6.20 Å². The lowest BCUT2D eigenvalue weighted by Crippen LogP contribution is -2.12. The highest BCUT2D eigenvalue weighted by molar-refractivity contribution is 5.35. The molecule has 2 aromatic rings. The van der Waals surface area contributed by atoms with E-state index in [-0.39, 0.29) is 0 Å². The third-order valence-corrected chi connectivity index (χ3v) is 2.55. The van der Waals surface area contributed by atoms with Crippen molar-refractivity contribution >= 4 is 11.9 Å². The predicted molar refractivity (Wildman–Crippen MR) is 75.7 cm³/mol. The van der Waals surface area contributed by atoms with Gasteiger partial charge in [-0.2, -0.15) is 15.0 Å². The van der Waals surface area contributed by atoms with Crippen LogP contribution < -0.4 is 15.4 Å². The van der Waals surface area contributed by atoms with Crippen LogP contribution in [0.1, 0.15) is 19.7 Å². The van der Waals surface area contributed by atoms with Gasteiger partial charge >= 0.3 is 6.01 Å².